The van der Waals surface area contributed by atoms with E-state index in [0.29, 0.717) is 9.86 Å². The lowest BCUT2D eigenvalue weighted by Crippen LogP contribution is -2.55. The summed E-state index contributed by atoms with van der Waals surface area (Å²) in [6.07, 6.45) is -3.57. The maximum absolute atomic E-state index is 13.9. The van der Waals surface area contributed by atoms with Crippen LogP contribution in [0.15, 0.2) is 52.8 Å². The number of hydrogen-bond acceptors (Lipinski definition) is 5. The summed E-state index contributed by atoms with van der Waals surface area (Å²) in [7, 11) is 0. The van der Waals surface area contributed by atoms with Crippen molar-refractivity contribution in [3.8, 4) is 0 Å². The average Bonchev–Trinajstić information content (AvgIpc) is 3.21. The van der Waals surface area contributed by atoms with Crippen LogP contribution in [0.5, 0.6) is 0 Å². The van der Waals surface area contributed by atoms with Gasteiger partial charge in [-0.05, 0) is 5.56 Å². The van der Waals surface area contributed by atoms with Gasteiger partial charge < -0.3 is 5.32 Å². The van der Waals surface area contributed by atoms with Crippen LogP contribution in [0.1, 0.15) is 11.3 Å². The van der Waals surface area contributed by atoms with E-state index in [9.17, 15) is 27.6 Å². The number of nitrogens with zero attached hydrogens (tertiary/aromatic N) is 3. The van der Waals surface area contributed by atoms with Gasteiger partial charge in [0.1, 0.15) is 0 Å². The monoisotopic (exact) mass is 408 g/mol. The van der Waals surface area contributed by atoms with Crippen LogP contribution in [0.3, 0.4) is 0 Å². The average molecular weight is 408 g/mol. The second kappa shape index (κ2) is 6.16. The summed E-state index contributed by atoms with van der Waals surface area (Å²) in [5.74, 6) is -1.47. The Kier molecular flexibility index (Phi) is 4.00. The molecule has 2 aromatic heterocycles. The van der Waals surface area contributed by atoms with Crippen molar-refractivity contribution >= 4 is 28.2 Å². The number of rotatable bonds is 3. The molecule has 4 rings (SSSR count). The molecular formula is C17H11F3N4O3S. The maximum Gasteiger partial charge on any atom is 0.425 e. The van der Waals surface area contributed by atoms with Crippen LogP contribution in [0.25, 0.3) is 4.96 Å². The third kappa shape index (κ3) is 2.58. The van der Waals surface area contributed by atoms with Gasteiger partial charge in [0.25, 0.3) is 11.5 Å². The molecule has 1 saturated heterocycles. The summed E-state index contributed by atoms with van der Waals surface area (Å²) in [5, 5.41) is 3.41. The Morgan fingerprint density at radius 2 is 1.86 bits per heavy atom. The number of hydrogen-bond donors (Lipinski definition) is 1. The molecule has 1 aliphatic rings. The predicted molar refractivity (Wildman–Crippen MR) is 92.6 cm³/mol. The van der Waals surface area contributed by atoms with Gasteiger partial charge in [-0.1, -0.05) is 30.3 Å². The first-order valence-corrected chi connectivity index (χ1v) is 8.84. The number of carbonyl (C=O) groups is 2. The third-order valence-corrected chi connectivity index (χ3v) is 5.17. The number of urea groups is 1. The number of aromatic nitrogens is 2. The van der Waals surface area contributed by atoms with Crippen molar-refractivity contribution in [2.75, 3.05) is 0 Å². The smallest absolute Gasteiger partial charge is 0.312 e. The number of nitrogens with one attached hydrogen (secondary N) is 1. The van der Waals surface area contributed by atoms with Crippen LogP contribution >= 0.6 is 11.3 Å². The molecule has 1 fully saturated rings. The number of carbonyl (C=O) groups excluding carboxylic acids is 2. The number of thiazole rings is 1. The Labute approximate surface area is 159 Å². The topological polar surface area (TPSA) is 83.8 Å². The minimum atomic E-state index is -5.07. The number of fused-ring (bicyclic) bond motifs is 1. The van der Waals surface area contributed by atoms with Gasteiger partial charge in [-0.15, -0.1) is 11.3 Å². The van der Waals surface area contributed by atoms with Crippen molar-refractivity contribution in [2.45, 2.75) is 18.3 Å². The maximum atomic E-state index is 13.9. The van der Waals surface area contributed by atoms with Crippen LogP contribution in [0.4, 0.5) is 18.0 Å². The third-order valence-electron chi connectivity index (χ3n) is 4.41. The van der Waals surface area contributed by atoms with Gasteiger partial charge in [-0.25, -0.2) is 9.78 Å². The number of benzene rings is 1. The molecule has 3 amide bonds. The first kappa shape index (κ1) is 18.2. The highest BCUT2D eigenvalue weighted by atomic mass is 32.1. The summed E-state index contributed by atoms with van der Waals surface area (Å²) in [5.41, 5.74) is -4.03. The fraction of sp³-hybridized carbons (Fsp3) is 0.176. The molecule has 1 aliphatic heterocycles. The Hall–Kier alpha value is -3.21. The van der Waals surface area contributed by atoms with E-state index in [4.69, 9.17) is 0 Å². The zero-order valence-corrected chi connectivity index (χ0v) is 14.8. The Morgan fingerprint density at radius 3 is 2.54 bits per heavy atom. The van der Waals surface area contributed by atoms with Gasteiger partial charge in [0.2, 0.25) is 5.54 Å². The first-order valence-electron chi connectivity index (χ1n) is 7.96. The van der Waals surface area contributed by atoms with Crippen molar-refractivity contribution in [1.82, 2.24) is 19.6 Å². The molecule has 1 N–H and O–H groups in total. The molecule has 1 atom stereocenters. The lowest BCUT2D eigenvalue weighted by Gasteiger charge is -2.29. The predicted octanol–water partition coefficient (Wildman–Crippen LogP) is 2.27. The van der Waals surface area contributed by atoms with E-state index < -0.39 is 41.3 Å². The molecule has 11 heteroatoms. The van der Waals surface area contributed by atoms with Crippen LogP contribution in [0, 0.1) is 0 Å². The van der Waals surface area contributed by atoms with Crippen LogP contribution in [0.2, 0.25) is 0 Å². The zero-order chi connectivity index (χ0) is 20.1. The lowest BCUT2D eigenvalue weighted by atomic mass is 9.89. The Morgan fingerprint density at radius 1 is 1.14 bits per heavy atom. The molecule has 3 aromatic rings. The lowest BCUT2D eigenvalue weighted by molar-refractivity contribution is -0.198. The van der Waals surface area contributed by atoms with E-state index in [2.05, 4.69) is 4.98 Å². The zero-order valence-electron chi connectivity index (χ0n) is 13.9. The van der Waals surface area contributed by atoms with Crippen molar-refractivity contribution in [3.05, 3.63) is 69.6 Å². The molecule has 1 unspecified atom stereocenters. The molecule has 0 radical (unpaired) electrons. The van der Waals surface area contributed by atoms with Crippen LogP contribution < -0.4 is 10.9 Å². The number of halogens is 3. The van der Waals surface area contributed by atoms with Crippen molar-refractivity contribution < 1.29 is 22.8 Å². The highest BCUT2D eigenvalue weighted by Gasteiger charge is 2.68. The standard InChI is InChI=1S/C17H11F3N4O3S/c18-17(19,20)16(10-4-2-1-3-5-10)13(26)24(14(27)22-16)9-11-8-12(25)23-6-7-28-15(23)21-11/h1-8H,9H2,(H,22,27). The fourth-order valence-corrected chi connectivity index (χ4v) is 3.83. The molecule has 1 aromatic carbocycles. The minimum absolute atomic E-state index is 0.0157. The van der Waals surface area contributed by atoms with Crippen molar-refractivity contribution in [3.63, 3.8) is 0 Å². The van der Waals surface area contributed by atoms with E-state index in [1.807, 2.05) is 0 Å². The minimum Gasteiger partial charge on any atom is -0.312 e. The summed E-state index contributed by atoms with van der Waals surface area (Å²) in [6.45, 7) is -0.557. The van der Waals surface area contributed by atoms with Crippen molar-refractivity contribution in [1.29, 1.82) is 0 Å². The molecular weight excluding hydrogens is 397 g/mol. The number of amides is 3. The largest absolute Gasteiger partial charge is 0.425 e. The van der Waals surface area contributed by atoms with Crippen molar-refractivity contribution in [2.24, 2.45) is 0 Å². The van der Waals surface area contributed by atoms with E-state index in [1.165, 1.54) is 28.8 Å². The molecule has 3 heterocycles. The second-order valence-corrected chi connectivity index (χ2v) is 6.95. The van der Waals surface area contributed by atoms with Gasteiger partial charge in [0.15, 0.2) is 4.96 Å². The molecule has 0 saturated carbocycles. The highest BCUT2D eigenvalue weighted by Crippen LogP contribution is 2.43. The molecule has 0 bridgehead atoms. The SMILES string of the molecule is O=C1NC(c2ccccc2)(C(F)(F)F)C(=O)N1Cc1cc(=O)n2ccsc2n1. The molecule has 144 valence electrons. The summed E-state index contributed by atoms with van der Waals surface area (Å²) in [4.78, 5) is 42.0. The summed E-state index contributed by atoms with van der Waals surface area (Å²) in [6, 6.07) is 6.31. The Bertz CT molecular complexity index is 1140. The van der Waals surface area contributed by atoms with E-state index in [1.54, 1.807) is 10.7 Å². The Balaban J connectivity index is 1.76. The van der Waals surface area contributed by atoms with Gasteiger partial charge in [-0.3, -0.25) is 18.9 Å². The normalized spacial score (nSPS) is 20.0. The quantitative estimate of drug-likeness (QED) is 0.674. The van der Waals surface area contributed by atoms with E-state index >= 15 is 0 Å². The van der Waals surface area contributed by atoms with Gasteiger partial charge in [0, 0.05) is 17.6 Å². The summed E-state index contributed by atoms with van der Waals surface area (Å²) < 4.78 is 43.1. The number of imide groups is 1. The van der Waals surface area contributed by atoms with Gasteiger partial charge >= 0.3 is 12.2 Å². The van der Waals surface area contributed by atoms with Crippen LogP contribution in [-0.2, 0) is 16.9 Å². The first-order chi connectivity index (χ1) is 13.2. The molecule has 0 aliphatic carbocycles. The molecule has 7 nitrogen and oxygen atoms in total. The van der Waals surface area contributed by atoms with E-state index in [0.717, 1.165) is 29.5 Å². The fourth-order valence-electron chi connectivity index (χ4n) is 3.09. The van der Waals surface area contributed by atoms with Gasteiger partial charge in [-0.2, -0.15) is 13.2 Å². The van der Waals surface area contributed by atoms with E-state index in [-0.39, 0.29) is 5.69 Å². The second-order valence-electron chi connectivity index (χ2n) is 6.08. The van der Waals surface area contributed by atoms with Crippen LogP contribution in [-0.4, -0.2) is 32.4 Å². The molecule has 28 heavy (non-hydrogen) atoms. The van der Waals surface area contributed by atoms with Gasteiger partial charge in [0.05, 0.1) is 12.2 Å². The highest BCUT2D eigenvalue weighted by molar-refractivity contribution is 7.15. The molecule has 0 spiro atoms. The summed E-state index contributed by atoms with van der Waals surface area (Å²) >= 11 is 1.14. The number of alkyl halides is 3.